The van der Waals surface area contributed by atoms with Crippen molar-refractivity contribution in [3.8, 4) is 17.6 Å². The molecule has 0 aromatic heterocycles. The average molecular weight is 447 g/mol. The third-order valence-electron chi connectivity index (χ3n) is 3.79. The first-order chi connectivity index (χ1) is 15.2. The number of benzene rings is 2. The summed E-state index contributed by atoms with van der Waals surface area (Å²) in [5.41, 5.74) is 2.08. The summed E-state index contributed by atoms with van der Waals surface area (Å²) in [4.78, 5) is 22.2. The first-order valence-corrected chi connectivity index (χ1v) is 9.19. The molecule has 0 radical (unpaired) electrons. The lowest BCUT2D eigenvalue weighted by Gasteiger charge is -2.09. The summed E-state index contributed by atoms with van der Waals surface area (Å²) in [6, 6.07) is 12.1. The second-order valence-corrected chi connectivity index (χ2v) is 6.13. The highest BCUT2D eigenvalue weighted by atomic mass is 19.4. The van der Waals surface area contributed by atoms with Crippen LogP contribution in [0.3, 0.4) is 0 Å². The lowest BCUT2D eigenvalue weighted by molar-refractivity contribution is -0.274. The van der Waals surface area contributed by atoms with E-state index in [9.17, 15) is 18.0 Å². The van der Waals surface area contributed by atoms with Crippen LogP contribution in [0, 0.1) is 11.8 Å². The molecular weight excluding hydrogens is 427 g/mol. The molecule has 10 heteroatoms. The van der Waals surface area contributed by atoms with Gasteiger partial charge < -0.3 is 19.7 Å². The maximum absolute atomic E-state index is 12.2. The molecule has 0 fully saturated rings. The van der Waals surface area contributed by atoms with Crippen molar-refractivity contribution in [2.75, 3.05) is 14.2 Å². The van der Waals surface area contributed by atoms with E-state index in [-0.39, 0.29) is 18.1 Å². The highest BCUT2D eigenvalue weighted by Gasteiger charge is 2.30. The number of nitrogens with zero attached hydrogens (tertiary/aromatic N) is 2. The summed E-state index contributed by atoms with van der Waals surface area (Å²) in [5, 5.41) is 10.2. The van der Waals surface area contributed by atoms with Gasteiger partial charge in [-0.15, -0.1) is 13.2 Å². The van der Waals surface area contributed by atoms with Crippen LogP contribution in [0.4, 0.5) is 13.2 Å². The largest absolute Gasteiger partial charge is 0.573 e. The molecule has 7 nitrogen and oxygen atoms in total. The van der Waals surface area contributed by atoms with Crippen molar-refractivity contribution >= 4 is 17.3 Å². The number of likely N-dealkylation sites (N-methyl/N-ethyl adjacent to an activating group) is 1. The minimum Gasteiger partial charge on any atom is -0.406 e. The molecule has 0 saturated carbocycles. The predicted octanol–water partition coefficient (Wildman–Crippen LogP) is 3.63. The van der Waals surface area contributed by atoms with E-state index in [2.05, 4.69) is 32.2 Å². The fourth-order valence-corrected chi connectivity index (χ4v) is 2.42. The minimum absolute atomic E-state index is 0.0401. The predicted molar refractivity (Wildman–Crippen MR) is 112 cm³/mol. The van der Waals surface area contributed by atoms with Crippen molar-refractivity contribution in [3.05, 3.63) is 65.2 Å². The maximum atomic E-state index is 12.2. The van der Waals surface area contributed by atoms with Gasteiger partial charge in [0, 0.05) is 23.7 Å². The highest BCUT2D eigenvalue weighted by Crippen LogP contribution is 2.22. The molecule has 0 saturated heterocycles. The number of oxime groups is 2. The van der Waals surface area contributed by atoms with Gasteiger partial charge in [0.25, 0.3) is 5.91 Å². The van der Waals surface area contributed by atoms with E-state index < -0.39 is 12.3 Å². The molecular formula is C22H20F3N3O4. The van der Waals surface area contributed by atoms with Crippen molar-refractivity contribution in [2.24, 2.45) is 10.3 Å². The molecule has 0 bridgehead atoms. The maximum Gasteiger partial charge on any atom is 0.573 e. The van der Waals surface area contributed by atoms with Gasteiger partial charge in [-0.3, -0.25) is 4.79 Å². The third-order valence-corrected chi connectivity index (χ3v) is 3.79. The number of carbonyl (C=O) groups is 1. The van der Waals surface area contributed by atoms with E-state index in [0.717, 1.165) is 0 Å². The van der Waals surface area contributed by atoms with E-state index in [4.69, 9.17) is 9.68 Å². The molecule has 1 N–H and O–H groups in total. The molecule has 2 aromatic rings. The Morgan fingerprint density at radius 3 is 2.41 bits per heavy atom. The minimum atomic E-state index is -4.75. The number of nitrogens with one attached hydrogen (secondary N) is 1. The molecule has 0 aliphatic carbocycles. The lowest BCUT2D eigenvalue weighted by Crippen LogP contribution is -2.29. The molecule has 32 heavy (non-hydrogen) atoms. The Bertz CT molecular complexity index is 1050. The van der Waals surface area contributed by atoms with Crippen molar-refractivity contribution < 1.29 is 32.4 Å². The Hall–Kier alpha value is -4.00. The normalized spacial score (nSPS) is 11.8. The van der Waals surface area contributed by atoms with Gasteiger partial charge in [-0.2, -0.15) is 0 Å². The standard InChI is InChI=1S/C22H20F3N3O4/c1-15(8-9-16-10-12-18(13-11-16)32-22(23,24)25)27-31-14-17-6-4-5-7-19(17)20(28-30-3)21(29)26-2/h4-7,10-13H,14H2,1-3H3,(H,26,29)/b27-15+,28-20+. The van der Waals surface area contributed by atoms with Crippen LogP contribution in [0.15, 0.2) is 58.8 Å². The van der Waals surface area contributed by atoms with E-state index in [1.807, 2.05) is 0 Å². The Morgan fingerprint density at radius 2 is 1.78 bits per heavy atom. The third kappa shape index (κ3) is 7.68. The van der Waals surface area contributed by atoms with Gasteiger partial charge >= 0.3 is 6.36 Å². The van der Waals surface area contributed by atoms with Crippen LogP contribution in [0.25, 0.3) is 0 Å². The topological polar surface area (TPSA) is 81.5 Å². The van der Waals surface area contributed by atoms with Crippen LogP contribution in [0.1, 0.15) is 23.6 Å². The summed E-state index contributed by atoms with van der Waals surface area (Å²) in [6.07, 6.45) is -4.75. The van der Waals surface area contributed by atoms with Crippen LogP contribution >= 0.6 is 0 Å². The molecule has 2 rings (SSSR count). The molecule has 2 aromatic carbocycles. The fourth-order valence-electron chi connectivity index (χ4n) is 2.42. The number of carbonyl (C=O) groups excluding carboxylic acids is 1. The van der Waals surface area contributed by atoms with E-state index in [0.29, 0.717) is 22.4 Å². The van der Waals surface area contributed by atoms with Gasteiger partial charge in [-0.1, -0.05) is 40.5 Å². The quantitative estimate of drug-likeness (QED) is 0.399. The van der Waals surface area contributed by atoms with E-state index >= 15 is 0 Å². The van der Waals surface area contributed by atoms with Crippen LogP contribution in [0.5, 0.6) is 5.75 Å². The van der Waals surface area contributed by atoms with Crippen molar-refractivity contribution in [1.82, 2.24) is 5.32 Å². The van der Waals surface area contributed by atoms with Crippen molar-refractivity contribution in [2.45, 2.75) is 19.9 Å². The number of alkyl halides is 3. The number of hydrogen-bond donors (Lipinski definition) is 1. The van der Waals surface area contributed by atoms with Crippen molar-refractivity contribution in [3.63, 3.8) is 0 Å². The van der Waals surface area contributed by atoms with Crippen molar-refractivity contribution in [1.29, 1.82) is 0 Å². The average Bonchev–Trinajstić information content (AvgIpc) is 2.76. The Balaban J connectivity index is 2.06. The van der Waals surface area contributed by atoms with Crippen LogP contribution in [-0.2, 0) is 21.1 Å². The summed E-state index contributed by atoms with van der Waals surface area (Å²) in [6.45, 7) is 1.65. The van der Waals surface area contributed by atoms with Gasteiger partial charge in [-0.25, -0.2) is 0 Å². The summed E-state index contributed by atoms with van der Waals surface area (Å²) >= 11 is 0. The molecule has 0 unspecified atom stereocenters. The molecule has 0 aliphatic rings. The first-order valence-electron chi connectivity index (χ1n) is 9.19. The number of amides is 1. The zero-order chi connectivity index (χ0) is 23.6. The van der Waals surface area contributed by atoms with Crippen LogP contribution < -0.4 is 10.1 Å². The van der Waals surface area contributed by atoms with Gasteiger partial charge in [0.2, 0.25) is 0 Å². The van der Waals surface area contributed by atoms with Crippen LogP contribution in [-0.4, -0.2) is 37.9 Å². The summed E-state index contributed by atoms with van der Waals surface area (Å²) < 4.78 is 40.4. The molecule has 0 spiro atoms. The Morgan fingerprint density at radius 1 is 1.09 bits per heavy atom. The number of hydrogen-bond acceptors (Lipinski definition) is 6. The number of halogens is 3. The molecule has 168 valence electrons. The van der Waals surface area contributed by atoms with Crippen LogP contribution in [0.2, 0.25) is 0 Å². The first kappa shape index (κ1) is 24.3. The fraction of sp³-hybridized carbons (Fsp3) is 0.227. The zero-order valence-corrected chi connectivity index (χ0v) is 17.5. The summed E-state index contributed by atoms with van der Waals surface area (Å²) in [7, 11) is 2.82. The molecule has 0 heterocycles. The second-order valence-electron chi connectivity index (χ2n) is 6.13. The smallest absolute Gasteiger partial charge is 0.406 e. The van der Waals surface area contributed by atoms with Gasteiger partial charge in [0.15, 0.2) is 5.71 Å². The van der Waals surface area contributed by atoms with Gasteiger partial charge in [-0.05, 0) is 37.1 Å². The second kappa shape index (κ2) is 11.4. The van der Waals surface area contributed by atoms with E-state index in [1.165, 1.54) is 38.4 Å². The number of rotatable bonds is 7. The summed E-state index contributed by atoms with van der Waals surface area (Å²) in [5.74, 6) is 4.76. The van der Waals surface area contributed by atoms with Gasteiger partial charge in [0.05, 0.1) is 0 Å². The molecule has 1 amide bonds. The van der Waals surface area contributed by atoms with E-state index in [1.54, 1.807) is 31.2 Å². The Kier molecular flexibility index (Phi) is 8.65. The monoisotopic (exact) mass is 447 g/mol. The lowest BCUT2D eigenvalue weighted by atomic mass is 10.0. The number of ether oxygens (including phenoxy) is 1. The SMILES string of the molecule is CNC(=O)/C(=N/OC)c1ccccc1CO/N=C(\C)C#Cc1ccc(OC(F)(F)F)cc1. The Labute approximate surface area is 182 Å². The molecule has 0 aliphatic heterocycles. The van der Waals surface area contributed by atoms with Gasteiger partial charge in [0.1, 0.15) is 25.2 Å². The zero-order valence-electron chi connectivity index (χ0n) is 17.5. The highest BCUT2D eigenvalue weighted by molar-refractivity contribution is 6.45. The molecule has 0 atom stereocenters.